The van der Waals surface area contributed by atoms with Crippen LogP contribution in [0.2, 0.25) is 0 Å². The average molecular weight is 271 g/mol. The normalized spacial score (nSPS) is 27.7. The third kappa shape index (κ3) is 3.50. The Morgan fingerprint density at radius 1 is 1.37 bits per heavy atom. The van der Waals surface area contributed by atoms with Gasteiger partial charge < -0.3 is 5.32 Å². The number of rotatable bonds is 3. The summed E-state index contributed by atoms with van der Waals surface area (Å²) in [5.41, 5.74) is 0.351. The first-order valence-electron chi connectivity index (χ1n) is 6.66. The van der Waals surface area contributed by atoms with Crippen molar-refractivity contribution < 1.29 is 13.2 Å². The van der Waals surface area contributed by atoms with Crippen LogP contribution in [0.1, 0.15) is 37.3 Å². The average Bonchev–Trinajstić information content (AvgIpc) is 2.70. The Morgan fingerprint density at radius 2 is 2.11 bits per heavy atom. The smallest absolute Gasteiger partial charge is 0.317 e. The summed E-state index contributed by atoms with van der Waals surface area (Å²) in [5, 5.41) is 3.26. The van der Waals surface area contributed by atoms with Crippen LogP contribution in [0.15, 0.2) is 24.3 Å². The van der Waals surface area contributed by atoms with Crippen LogP contribution in [0.4, 0.5) is 13.2 Å². The van der Waals surface area contributed by atoms with Gasteiger partial charge in [-0.05, 0) is 49.8 Å². The quantitative estimate of drug-likeness (QED) is 0.875. The molecule has 1 fully saturated rings. The van der Waals surface area contributed by atoms with Crippen molar-refractivity contribution in [2.45, 2.75) is 44.8 Å². The first-order chi connectivity index (χ1) is 8.82. The molecule has 1 nitrogen and oxygen atoms in total. The molecule has 2 rings (SSSR count). The van der Waals surface area contributed by atoms with E-state index >= 15 is 0 Å². The van der Waals surface area contributed by atoms with Crippen molar-refractivity contribution in [1.29, 1.82) is 0 Å². The van der Waals surface area contributed by atoms with E-state index in [4.69, 9.17) is 0 Å². The lowest BCUT2D eigenvalue weighted by molar-refractivity contribution is -0.137. The van der Waals surface area contributed by atoms with Gasteiger partial charge in [-0.15, -0.1) is 0 Å². The third-order valence-corrected chi connectivity index (χ3v) is 4.13. The van der Waals surface area contributed by atoms with Crippen LogP contribution < -0.4 is 5.32 Å². The van der Waals surface area contributed by atoms with E-state index in [1.54, 1.807) is 6.07 Å². The van der Waals surface area contributed by atoms with E-state index in [0.29, 0.717) is 6.04 Å². The first kappa shape index (κ1) is 14.4. The van der Waals surface area contributed by atoms with Gasteiger partial charge in [0.2, 0.25) is 0 Å². The van der Waals surface area contributed by atoms with Crippen molar-refractivity contribution in [2.75, 3.05) is 7.05 Å². The van der Waals surface area contributed by atoms with Crippen LogP contribution >= 0.6 is 0 Å². The van der Waals surface area contributed by atoms with Crippen molar-refractivity contribution in [2.24, 2.45) is 5.41 Å². The van der Waals surface area contributed by atoms with Gasteiger partial charge in [0.15, 0.2) is 0 Å². The number of halogens is 3. The molecule has 0 heterocycles. The monoisotopic (exact) mass is 271 g/mol. The zero-order valence-electron chi connectivity index (χ0n) is 11.3. The molecule has 0 aliphatic heterocycles. The highest BCUT2D eigenvalue weighted by Crippen LogP contribution is 2.41. The first-order valence-corrected chi connectivity index (χ1v) is 6.66. The molecule has 0 spiro atoms. The maximum atomic E-state index is 12.7. The SMILES string of the molecule is CNC1CCC(C)(Cc2cccc(C(F)(F)F)c2)C1. The summed E-state index contributed by atoms with van der Waals surface area (Å²) in [6.45, 7) is 2.17. The van der Waals surface area contributed by atoms with E-state index in [1.807, 2.05) is 7.05 Å². The number of benzene rings is 1. The molecule has 4 heteroatoms. The van der Waals surface area contributed by atoms with Gasteiger partial charge in [-0.3, -0.25) is 0 Å². The van der Waals surface area contributed by atoms with Gasteiger partial charge in [-0.1, -0.05) is 25.1 Å². The van der Waals surface area contributed by atoms with Crippen molar-refractivity contribution in [3.8, 4) is 0 Å². The fourth-order valence-corrected chi connectivity index (χ4v) is 3.08. The highest BCUT2D eigenvalue weighted by Gasteiger charge is 2.35. The van der Waals surface area contributed by atoms with E-state index in [9.17, 15) is 13.2 Å². The predicted octanol–water partition coefficient (Wildman–Crippen LogP) is 4.03. The molecule has 0 amide bonds. The van der Waals surface area contributed by atoms with Crippen LogP contribution in [0.3, 0.4) is 0 Å². The molecule has 1 aliphatic rings. The molecule has 0 bridgehead atoms. The maximum Gasteiger partial charge on any atom is 0.416 e. The van der Waals surface area contributed by atoms with Gasteiger partial charge in [0, 0.05) is 6.04 Å². The summed E-state index contributed by atoms with van der Waals surface area (Å²) < 4.78 is 38.1. The number of hydrogen-bond donors (Lipinski definition) is 1. The molecule has 1 aromatic rings. The molecule has 19 heavy (non-hydrogen) atoms. The van der Waals surface area contributed by atoms with Gasteiger partial charge in [0.25, 0.3) is 0 Å². The molecule has 2 atom stereocenters. The second-order valence-corrected chi connectivity index (χ2v) is 5.91. The molecule has 0 aromatic heterocycles. The predicted molar refractivity (Wildman–Crippen MR) is 70.0 cm³/mol. The molecular formula is C15H20F3N. The van der Waals surface area contributed by atoms with E-state index < -0.39 is 11.7 Å². The Hall–Kier alpha value is -1.03. The Bertz CT molecular complexity index is 441. The second kappa shape index (κ2) is 5.16. The Balaban J connectivity index is 2.12. The largest absolute Gasteiger partial charge is 0.416 e. The van der Waals surface area contributed by atoms with Gasteiger partial charge in [-0.2, -0.15) is 13.2 Å². The van der Waals surface area contributed by atoms with Gasteiger partial charge in [0.1, 0.15) is 0 Å². The standard InChI is InChI=1S/C15H20F3N/c1-14(7-6-13(10-14)19-2)9-11-4-3-5-12(8-11)15(16,17)18/h3-5,8,13,19H,6-7,9-10H2,1-2H3. The van der Waals surface area contributed by atoms with Crippen LogP contribution in [0.5, 0.6) is 0 Å². The van der Waals surface area contributed by atoms with Gasteiger partial charge in [0.05, 0.1) is 5.56 Å². The molecule has 0 radical (unpaired) electrons. The molecule has 1 N–H and O–H groups in total. The summed E-state index contributed by atoms with van der Waals surface area (Å²) in [6, 6.07) is 6.23. The fraction of sp³-hybridized carbons (Fsp3) is 0.600. The summed E-state index contributed by atoms with van der Waals surface area (Å²) in [5.74, 6) is 0. The number of alkyl halides is 3. The molecule has 1 saturated carbocycles. The van der Waals surface area contributed by atoms with Crippen LogP contribution in [-0.2, 0) is 12.6 Å². The van der Waals surface area contributed by atoms with E-state index in [-0.39, 0.29) is 5.41 Å². The molecule has 1 aliphatic carbocycles. The molecule has 1 aromatic carbocycles. The Morgan fingerprint density at radius 3 is 2.68 bits per heavy atom. The van der Waals surface area contributed by atoms with Crippen LogP contribution in [0, 0.1) is 5.41 Å². The molecular weight excluding hydrogens is 251 g/mol. The lowest BCUT2D eigenvalue weighted by Gasteiger charge is -2.24. The highest BCUT2D eigenvalue weighted by molar-refractivity contribution is 5.26. The van der Waals surface area contributed by atoms with Crippen LogP contribution in [-0.4, -0.2) is 13.1 Å². The number of hydrogen-bond acceptors (Lipinski definition) is 1. The number of nitrogens with one attached hydrogen (secondary N) is 1. The Kier molecular flexibility index (Phi) is 3.90. The molecule has 0 saturated heterocycles. The maximum absolute atomic E-state index is 12.7. The lowest BCUT2D eigenvalue weighted by Crippen LogP contribution is -2.24. The van der Waals surface area contributed by atoms with E-state index in [0.717, 1.165) is 37.3 Å². The minimum absolute atomic E-state index is 0.109. The molecule has 2 unspecified atom stereocenters. The van der Waals surface area contributed by atoms with E-state index in [2.05, 4.69) is 12.2 Å². The van der Waals surface area contributed by atoms with Crippen molar-refractivity contribution in [3.63, 3.8) is 0 Å². The summed E-state index contributed by atoms with van der Waals surface area (Å²) >= 11 is 0. The fourth-order valence-electron chi connectivity index (χ4n) is 3.08. The highest BCUT2D eigenvalue weighted by atomic mass is 19.4. The topological polar surface area (TPSA) is 12.0 Å². The van der Waals surface area contributed by atoms with Crippen molar-refractivity contribution >= 4 is 0 Å². The summed E-state index contributed by atoms with van der Waals surface area (Å²) in [7, 11) is 1.95. The summed E-state index contributed by atoms with van der Waals surface area (Å²) in [6.07, 6.45) is -0.338. The molecule has 106 valence electrons. The van der Waals surface area contributed by atoms with Crippen molar-refractivity contribution in [1.82, 2.24) is 5.32 Å². The lowest BCUT2D eigenvalue weighted by atomic mass is 9.81. The third-order valence-electron chi connectivity index (χ3n) is 4.13. The van der Waals surface area contributed by atoms with Gasteiger partial charge in [-0.25, -0.2) is 0 Å². The van der Waals surface area contributed by atoms with Crippen molar-refractivity contribution in [3.05, 3.63) is 35.4 Å². The minimum Gasteiger partial charge on any atom is -0.317 e. The van der Waals surface area contributed by atoms with Crippen LogP contribution in [0.25, 0.3) is 0 Å². The Labute approximate surface area is 112 Å². The zero-order valence-corrected chi connectivity index (χ0v) is 11.3. The zero-order chi connectivity index (χ0) is 14.1. The van der Waals surface area contributed by atoms with Gasteiger partial charge >= 0.3 is 6.18 Å². The summed E-state index contributed by atoms with van der Waals surface area (Å²) in [4.78, 5) is 0. The second-order valence-electron chi connectivity index (χ2n) is 5.91. The van der Waals surface area contributed by atoms with E-state index in [1.165, 1.54) is 12.1 Å². The minimum atomic E-state index is -4.25.